The van der Waals surface area contributed by atoms with E-state index in [4.69, 9.17) is 33.7 Å². The van der Waals surface area contributed by atoms with Crippen molar-refractivity contribution < 1.29 is 42.9 Å². The van der Waals surface area contributed by atoms with E-state index in [0.717, 1.165) is 112 Å². The van der Waals surface area contributed by atoms with Crippen LogP contribution in [0.5, 0.6) is 5.75 Å². The minimum atomic E-state index is -0.747. The number of aromatic amines is 2. The summed E-state index contributed by atoms with van der Waals surface area (Å²) < 4.78 is 28.9. The number of imidazole rings is 2. The first-order valence-electron chi connectivity index (χ1n) is 25.3. The topological polar surface area (TPSA) is 202 Å². The molecule has 11 atom stereocenters. The van der Waals surface area contributed by atoms with Gasteiger partial charge in [0, 0.05) is 23.0 Å². The molecule has 70 heavy (non-hydrogen) atoms. The highest BCUT2D eigenvalue weighted by molar-refractivity contribution is 6.07. The number of H-pyrrole nitrogens is 2. The molecule has 4 amide bonds. The largest absolute Gasteiger partial charge is 0.488 e. The summed E-state index contributed by atoms with van der Waals surface area (Å²) in [4.78, 5) is 75.6. The number of alkyl carbamates (subject to hydrolysis) is 2. The van der Waals surface area contributed by atoms with E-state index in [1.165, 1.54) is 14.2 Å². The number of amides is 4. The molecule has 6 aliphatic heterocycles. The summed E-state index contributed by atoms with van der Waals surface area (Å²) in [7, 11) is 2.65. The number of carbonyl (C=O) groups is 4. The molecule has 8 heterocycles. The Labute approximate surface area is 407 Å². The van der Waals surface area contributed by atoms with E-state index in [1.54, 1.807) is 0 Å². The summed E-state index contributed by atoms with van der Waals surface area (Å²) in [6.07, 6.45) is 7.96. The molecule has 11 rings (SSSR count). The van der Waals surface area contributed by atoms with Gasteiger partial charge in [0.2, 0.25) is 11.8 Å². The van der Waals surface area contributed by atoms with E-state index in [1.807, 2.05) is 42.8 Å². The van der Waals surface area contributed by atoms with Crippen LogP contribution in [0.3, 0.4) is 0 Å². The van der Waals surface area contributed by atoms with Crippen LogP contribution in [0, 0.1) is 11.8 Å². The van der Waals surface area contributed by atoms with Crippen LogP contribution in [0.25, 0.3) is 44.2 Å². The summed E-state index contributed by atoms with van der Waals surface area (Å²) in [6.45, 7) is 8.54. The number of likely N-dealkylation sites (tertiary alicyclic amines) is 1. The molecule has 5 saturated heterocycles. The zero-order chi connectivity index (χ0) is 48.5. The Balaban J connectivity index is 0.848. The van der Waals surface area contributed by atoms with Crippen molar-refractivity contribution in [2.24, 2.45) is 11.8 Å². The standard InChI is InChI=1S/C53H64N8O9/c1-7-34-10-14-42(60(34)50(62)45(58-52(64)66-5)31-16-26(2)69-27(3)17-31)48-54-24-41(56-48)30-8-12-37-33(19-30)25-68-44-23-38-29(21-39(37)44)9-13-40-47(38)57-49(55-40)43-15-11-35-22-36-20-32(18-28(4)70-36)46(51(63)61(35)43)59-53(65)67-6/h8-9,12-13,19,21,23-24,26-28,31-32,34-36,42-43,45-46H,7,10-11,14-18,20,22,25H2,1-6H3,(H,54,56)(H,55,57)(H,58,64)(H,59,65)/t26-,27-,28-,32?,34+,35-,36+,42+,43+,45?,46+/m1/s1. The number of hydrogen-bond donors (Lipinski definition) is 4. The van der Waals surface area contributed by atoms with E-state index in [0.29, 0.717) is 25.9 Å². The molecule has 370 valence electrons. The molecule has 4 N–H and O–H groups in total. The maximum atomic E-state index is 14.7. The summed E-state index contributed by atoms with van der Waals surface area (Å²) in [5.41, 5.74) is 6.61. The second-order valence-corrected chi connectivity index (χ2v) is 20.6. The number of aromatic nitrogens is 4. The number of fused-ring (bicyclic) bond motifs is 9. The van der Waals surface area contributed by atoms with Gasteiger partial charge in [-0.2, -0.15) is 0 Å². The van der Waals surface area contributed by atoms with Crippen molar-refractivity contribution in [2.45, 2.75) is 159 Å². The zero-order valence-electron chi connectivity index (χ0n) is 40.8. The number of nitrogens with zero attached hydrogens (tertiary/aromatic N) is 4. The molecule has 0 radical (unpaired) electrons. The smallest absolute Gasteiger partial charge is 0.407 e. The number of ether oxygens (including phenoxy) is 5. The lowest BCUT2D eigenvalue weighted by atomic mass is 9.81. The van der Waals surface area contributed by atoms with E-state index in [-0.39, 0.29) is 72.2 Å². The highest BCUT2D eigenvalue weighted by Crippen LogP contribution is 2.46. The Morgan fingerprint density at radius 3 is 2.41 bits per heavy atom. The number of benzene rings is 3. The molecular formula is C53H64N8O9. The van der Waals surface area contributed by atoms with Crippen molar-refractivity contribution in [3.05, 3.63) is 65.9 Å². The van der Waals surface area contributed by atoms with Gasteiger partial charge in [0.25, 0.3) is 0 Å². The van der Waals surface area contributed by atoms with E-state index in [2.05, 4.69) is 63.9 Å². The second kappa shape index (κ2) is 18.5. The van der Waals surface area contributed by atoms with Gasteiger partial charge in [0.1, 0.15) is 36.1 Å². The number of nitrogens with one attached hydrogen (secondary N) is 4. The minimum absolute atomic E-state index is 0.00148. The molecule has 17 nitrogen and oxygen atoms in total. The van der Waals surface area contributed by atoms with Crippen LogP contribution in [-0.4, -0.2) is 117 Å². The summed E-state index contributed by atoms with van der Waals surface area (Å²) in [5, 5.41) is 7.81. The minimum Gasteiger partial charge on any atom is -0.488 e. The Bertz CT molecular complexity index is 2830. The van der Waals surface area contributed by atoms with Crippen LogP contribution < -0.4 is 15.4 Å². The van der Waals surface area contributed by atoms with E-state index < -0.39 is 24.3 Å². The third-order valence-corrected chi connectivity index (χ3v) is 16.2. The normalized spacial score (nSPS) is 29.9. The third-order valence-electron chi connectivity index (χ3n) is 16.2. The van der Waals surface area contributed by atoms with Crippen molar-refractivity contribution in [1.29, 1.82) is 0 Å². The fraction of sp³-hybridized carbons (Fsp3) is 0.547. The third kappa shape index (κ3) is 8.31. The molecule has 5 fully saturated rings. The van der Waals surface area contributed by atoms with Crippen molar-refractivity contribution >= 4 is 45.8 Å². The Kier molecular flexibility index (Phi) is 12.2. The Morgan fingerprint density at radius 2 is 1.63 bits per heavy atom. The van der Waals surface area contributed by atoms with Gasteiger partial charge in [-0.1, -0.05) is 25.1 Å². The molecule has 2 unspecified atom stereocenters. The first kappa shape index (κ1) is 46.2. The van der Waals surface area contributed by atoms with Gasteiger partial charge in [-0.25, -0.2) is 19.6 Å². The fourth-order valence-electron chi connectivity index (χ4n) is 13.1. The molecule has 5 aromatic rings. The van der Waals surface area contributed by atoms with Crippen LogP contribution in [0.2, 0.25) is 0 Å². The van der Waals surface area contributed by atoms with Crippen LogP contribution in [0.15, 0.2) is 48.7 Å². The average Bonchev–Trinajstić information content (AvgIpc) is 4.18. The number of methoxy groups -OCH3 is 2. The number of carbonyl (C=O) groups excluding carboxylic acids is 4. The van der Waals surface area contributed by atoms with Crippen molar-refractivity contribution in [3.8, 4) is 28.1 Å². The highest BCUT2D eigenvalue weighted by atomic mass is 16.5. The average molecular weight is 957 g/mol. The van der Waals surface area contributed by atoms with Gasteiger partial charge in [0.05, 0.1) is 73.6 Å². The lowest BCUT2D eigenvalue weighted by Gasteiger charge is -2.44. The van der Waals surface area contributed by atoms with Crippen LogP contribution in [0.1, 0.15) is 121 Å². The molecule has 2 aromatic heterocycles. The molecule has 2 bridgehead atoms. The molecule has 3 aromatic carbocycles. The van der Waals surface area contributed by atoms with Crippen LogP contribution in [0.4, 0.5) is 9.59 Å². The molecule has 0 spiro atoms. The lowest BCUT2D eigenvalue weighted by molar-refractivity contribution is -0.148. The van der Waals surface area contributed by atoms with Crippen molar-refractivity contribution in [2.75, 3.05) is 14.2 Å². The van der Waals surface area contributed by atoms with Gasteiger partial charge in [0.15, 0.2) is 0 Å². The van der Waals surface area contributed by atoms with Crippen LogP contribution >= 0.6 is 0 Å². The molecule has 0 aliphatic carbocycles. The first-order valence-corrected chi connectivity index (χ1v) is 25.3. The van der Waals surface area contributed by atoms with Gasteiger partial charge in [-0.15, -0.1) is 0 Å². The maximum absolute atomic E-state index is 14.7. The quantitative estimate of drug-likeness (QED) is 0.116. The van der Waals surface area contributed by atoms with Crippen LogP contribution in [-0.2, 0) is 35.1 Å². The van der Waals surface area contributed by atoms with Gasteiger partial charge in [-0.05, 0) is 143 Å². The monoisotopic (exact) mass is 956 g/mol. The van der Waals surface area contributed by atoms with E-state index >= 15 is 0 Å². The molecular weight excluding hydrogens is 893 g/mol. The molecule has 17 heteroatoms. The number of hydrogen-bond acceptors (Lipinski definition) is 11. The molecule has 6 aliphatic rings. The zero-order valence-corrected chi connectivity index (χ0v) is 40.8. The predicted molar refractivity (Wildman–Crippen MR) is 260 cm³/mol. The maximum Gasteiger partial charge on any atom is 0.407 e. The summed E-state index contributed by atoms with van der Waals surface area (Å²) >= 11 is 0. The number of rotatable bonds is 8. The van der Waals surface area contributed by atoms with Crippen molar-refractivity contribution in [3.63, 3.8) is 0 Å². The lowest BCUT2D eigenvalue weighted by Crippen LogP contribution is -2.58. The second-order valence-electron chi connectivity index (χ2n) is 20.6. The Hall–Kier alpha value is -6.20. The van der Waals surface area contributed by atoms with E-state index in [9.17, 15) is 19.2 Å². The fourth-order valence-corrected chi connectivity index (χ4v) is 13.1. The van der Waals surface area contributed by atoms with Gasteiger partial charge >= 0.3 is 12.2 Å². The predicted octanol–water partition coefficient (Wildman–Crippen LogP) is 8.38. The summed E-state index contributed by atoms with van der Waals surface area (Å²) in [6, 6.07) is 12.7. The summed E-state index contributed by atoms with van der Waals surface area (Å²) in [5.74, 6) is 1.86. The SMILES string of the molecule is CC[C@H]1CC[C@@H](c2ncc(-c3ccc4c(c3)COc3cc5c(ccc6nc([C@@H]7CC[C@@H]8C[C@@H]9CC(C[C@@H](C)O9)[C@H](NC(=O)OC)C(=O)N87)[nH]c65)cc3-4)[nH]2)N1C(=O)C(NC(=O)OC)C1C[C@@H](C)O[C@H](C)C1. The first-order chi connectivity index (χ1) is 33.9. The van der Waals surface area contributed by atoms with Crippen molar-refractivity contribution in [1.82, 2.24) is 40.4 Å². The van der Waals surface area contributed by atoms with Gasteiger partial charge in [-0.3, -0.25) is 9.59 Å². The van der Waals surface area contributed by atoms with Gasteiger partial charge < -0.3 is 54.1 Å². The Morgan fingerprint density at radius 1 is 0.843 bits per heavy atom. The molecule has 0 saturated carbocycles. The highest BCUT2D eigenvalue weighted by Gasteiger charge is 2.50.